The zero-order valence-corrected chi connectivity index (χ0v) is 15.8. The van der Waals surface area contributed by atoms with Gasteiger partial charge in [0.25, 0.3) is 0 Å². The van der Waals surface area contributed by atoms with Crippen LogP contribution in [0.2, 0.25) is 0 Å². The van der Waals surface area contributed by atoms with E-state index in [1.807, 2.05) is 26.1 Å². The van der Waals surface area contributed by atoms with Crippen LogP contribution in [0.5, 0.6) is 0 Å². The van der Waals surface area contributed by atoms with Gasteiger partial charge in [0, 0.05) is 24.1 Å². The van der Waals surface area contributed by atoms with Gasteiger partial charge in [0.15, 0.2) is 5.82 Å². The van der Waals surface area contributed by atoms with E-state index in [4.69, 9.17) is 0 Å². The van der Waals surface area contributed by atoms with Crippen molar-refractivity contribution in [3.05, 3.63) is 48.2 Å². The molecule has 3 nitrogen and oxygen atoms in total. The highest BCUT2D eigenvalue weighted by Crippen LogP contribution is 2.56. The van der Waals surface area contributed by atoms with Crippen LogP contribution in [0.4, 0.5) is 17.2 Å². The fourth-order valence-electron chi connectivity index (χ4n) is 3.84. The van der Waals surface area contributed by atoms with Crippen LogP contribution in [0.25, 0.3) is 0 Å². The van der Waals surface area contributed by atoms with E-state index < -0.39 is 0 Å². The molecule has 0 amide bonds. The summed E-state index contributed by atoms with van der Waals surface area (Å²) in [6.45, 7) is 8.66. The van der Waals surface area contributed by atoms with Crippen LogP contribution in [0, 0.1) is 0 Å². The third-order valence-corrected chi connectivity index (χ3v) is 5.94. The van der Waals surface area contributed by atoms with E-state index in [1.165, 1.54) is 16.9 Å². The van der Waals surface area contributed by atoms with E-state index in [-0.39, 0.29) is 11.3 Å². The topological polar surface area (TPSA) is 19.4 Å². The van der Waals surface area contributed by atoms with Gasteiger partial charge in [-0.1, -0.05) is 45.9 Å². The first-order valence-corrected chi connectivity index (χ1v) is 8.96. The average Bonchev–Trinajstić information content (AvgIpc) is 2.89. The highest BCUT2D eigenvalue weighted by Gasteiger charge is 2.52. The highest BCUT2D eigenvalue weighted by molar-refractivity contribution is 7.19. The summed E-state index contributed by atoms with van der Waals surface area (Å²) < 4.78 is 0. The van der Waals surface area contributed by atoms with Gasteiger partial charge < -0.3 is 9.80 Å². The number of anilines is 3. The van der Waals surface area contributed by atoms with E-state index in [2.05, 4.69) is 75.3 Å². The Morgan fingerprint density at radius 1 is 1.09 bits per heavy atom. The van der Waals surface area contributed by atoms with Gasteiger partial charge in [-0.2, -0.15) is 0 Å². The Kier molecular flexibility index (Phi) is 4.10. The lowest BCUT2D eigenvalue weighted by molar-refractivity contribution is 0.421. The molecule has 0 radical (unpaired) electrons. The van der Waals surface area contributed by atoms with Crippen molar-refractivity contribution in [2.24, 2.45) is 0 Å². The van der Waals surface area contributed by atoms with E-state index in [0.29, 0.717) is 5.92 Å². The maximum atomic E-state index is 4.66. The number of para-hydroxylation sites is 1. The van der Waals surface area contributed by atoms with Crippen molar-refractivity contribution in [2.45, 2.75) is 44.9 Å². The number of hydrogen-bond acceptors (Lipinski definition) is 3. The number of aromatic nitrogens is 1. The maximum absolute atomic E-state index is 4.66. The van der Waals surface area contributed by atoms with Crippen molar-refractivity contribution in [2.75, 3.05) is 16.8 Å². The lowest BCUT2D eigenvalue weighted by Gasteiger charge is -2.50. The second-order valence-corrected chi connectivity index (χ2v) is 7.59. The number of rotatable bonds is 0. The monoisotopic (exact) mass is 327 g/mol. The number of nitrogens with zero attached hydrogens (tertiary/aromatic N) is 3. The quantitative estimate of drug-likeness (QED) is 0.650. The fraction of sp³-hybridized carbons (Fsp3) is 0.421. The lowest BCUT2D eigenvalue weighted by Crippen LogP contribution is -2.57. The molecule has 2 aliphatic rings. The summed E-state index contributed by atoms with van der Waals surface area (Å²) in [5.74, 6) is 1.54. The number of hydrogen-bond donors (Lipinski definition) is 0. The molecule has 0 spiro atoms. The Bertz CT molecular complexity index is 713. The minimum atomic E-state index is 0.0593. The second-order valence-electron chi connectivity index (χ2n) is 6.35. The van der Waals surface area contributed by atoms with Crippen molar-refractivity contribution < 1.29 is 0 Å². The third-order valence-electron chi connectivity index (χ3n) is 5.14. The SMILES string of the molecule is CC.CC1c2ccccc2N2c3ncccc3N(C)C2C1(C)P. The van der Waals surface area contributed by atoms with Crippen LogP contribution in [0.3, 0.4) is 0 Å². The molecule has 0 bridgehead atoms. The standard InChI is InChI=1S/C17H20N3P.C2H6/c1-11-12-7-4-5-8-13(12)20-15-14(9-6-10-18-15)19(3)16(20)17(11,2)21;1-2/h4-11,16H,21H2,1-3H3;1-2H3. The molecule has 1 aromatic heterocycles. The largest absolute Gasteiger partial charge is 0.350 e. The van der Waals surface area contributed by atoms with Crippen LogP contribution < -0.4 is 9.80 Å². The molecule has 2 aliphatic heterocycles. The highest BCUT2D eigenvalue weighted by atomic mass is 31.0. The van der Waals surface area contributed by atoms with Crippen LogP contribution >= 0.6 is 9.24 Å². The summed E-state index contributed by atoms with van der Waals surface area (Å²) >= 11 is 0. The minimum absolute atomic E-state index is 0.0593. The summed E-state index contributed by atoms with van der Waals surface area (Å²) in [6, 6.07) is 12.9. The predicted molar refractivity (Wildman–Crippen MR) is 103 cm³/mol. The zero-order chi connectivity index (χ0) is 16.8. The molecule has 4 unspecified atom stereocenters. The van der Waals surface area contributed by atoms with Crippen LogP contribution in [-0.4, -0.2) is 23.4 Å². The summed E-state index contributed by atoms with van der Waals surface area (Å²) in [5.41, 5.74) is 3.90. The van der Waals surface area contributed by atoms with Gasteiger partial charge in [-0.05, 0) is 29.7 Å². The molecular weight excluding hydrogens is 301 g/mol. The summed E-state index contributed by atoms with van der Waals surface area (Å²) in [6.07, 6.45) is 2.16. The summed E-state index contributed by atoms with van der Waals surface area (Å²) in [5, 5.41) is 0.0593. The number of benzene rings is 1. The molecule has 122 valence electrons. The normalized spacial score (nSPS) is 27.6. The van der Waals surface area contributed by atoms with Crippen molar-refractivity contribution >= 4 is 26.4 Å². The third kappa shape index (κ3) is 2.17. The Morgan fingerprint density at radius 2 is 1.74 bits per heavy atom. The van der Waals surface area contributed by atoms with E-state index >= 15 is 0 Å². The molecule has 0 N–H and O–H groups in total. The molecule has 3 heterocycles. The van der Waals surface area contributed by atoms with Gasteiger partial charge in [0.1, 0.15) is 6.17 Å². The fourth-order valence-corrected chi connectivity index (χ4v) is 4.40. The Hall–Kier alpha value is -1.60. The second kappa shape index (κ2) is 5.79. The number of pyridine rings is 1. The van der Waals surface area contributed by atoms with Gasteiger partial charge >= 0.3 is 0 Å². The van der Waals surface area contributed by atoms with E-state index in [1.54, 1.807) is 0 Å². The smallest absolute Gasteiger partial charge is 0.158 e. The van der Waals surface area contributed by atoms with Gasteiger partial charge in [0.2, 0.25) is 0 Å². The molecule has 2 aromatic rings. The molecule has 1 aromatic carbocycles. The molecule has 4 heteroatoms. The van der Waals surface area contributed by atoms with Crippen LogP contribution in [0.1, 0.15) is 39.2 Å². The lowest BCUT2D eigenvalue weighted by atomic mass is 9.80. The molecule has 0 fully saturated rings. The molecular formula is C19H26N3P. The van der Waals surface area contributed by atoms with Gasteiger partial charge in [-0.15, -0.1) is 9.24 Å². The molecule has 0 saturated heterocycles. The minimum Gasteiger partial charge on any atom is -0.350 e. The molecule has 4 rings (SSSR count). The predicted octanol–water partition coefficient (Wildman–Crippen LogP) is 4.77. The average molecular weight is 327 g/mol. The Labute approximate surface area is 141 Å². The first kappa shape index (κ1) is 16.3. The molecule has 0 aliphatic carbocycles. The first-order chi connectivity index (χ1) is 11.0. The van der Waals surface area contributed by atoms with E-state index in [9.17, 15) is 0 Å². The van der Waals surface area contributed by atoms with Crippen molar-refractivity contribution in [1.29, 1.82) is 0 Å². The van der Waals surface area contributed by atoms with Gasteiger partial charge in [-0.3, -0.25) is 0 Å². The van der Waals surface area contributed by atoms with Crippen LogP contribution in [-0.2, 0) is 0 Å². The zero-order valence-electron chi connectivity index (χ0n) is 14.6. The van der Waals surface area contributed by atoms with Crippen LogP contribution in [0.15, 0.2) is 42.6 Å². The summed E-state index contributed by atoms with van der Waals surface area (Å²) in [7, 11) is 5.28. The summed E-state index contributed by atoms with van der Waals surface area (Å²) in [4.78, 5) is 9.42. The maximum Gasteiger partial charge on any atom is 0.158 e. The number of fused-ring (bicyclic) bond motifs is 5. The molecule has 23 heavy (non-hydrogen) atoms. The molecule has 4 atom stereocenters. The Morgan fingerprint density at radius 3 is 2.48 bits per heavy atom. The molecule has 0 saturated carbocycles. The van der Waals surface area contributed by atoms with E-state index in [0.717, 1.165) is 5.82 Å². The first-order valence-electron chi connectivity index (χ1n) is 8.38. The van der Waals surface area contributed by atoms with Crippen molar-refractivity contribution in [3.8, 4) is 0 Å². The van der Waals surface area contributed by atoms with Gasteiger partial charge in [-0.25, -0.2) is 4.98 Å². The van der Waals surface area contributed by atoms with Crippen molar-refractivity contribution in [1.82, 2.24) is 4.98 Å². The Balaban J connectivity index is 0.000000753. The van der Waals surface area contributed by atoms with Gasteiger partial charge in [0.05, 0.1) is 5.69 Å². The van der Waals surface area contributed by atoms with Crippen molar-refractivity contribution in [3.63, 3.8) is 0 Å².